The monoisotopic (exact) mass is 428 g/mol. The van der Waals surface area contributed by atoms with Crippen LogP contribution in [-0.2, 0) is 0 Å². The van der Waals surface area contributed by atoms with E-state index in [9.17, 15) is 10.1 Å². The van der Waals surface area contributed by atoms with Gasteiger partial charge in [0.15, 0.2) is 0 Å². The molecule has 4 heterocycles. The summed E-state index contributed by atoms with van der Waals surface area (Å²) in [6.07, 6.45) is 1.71. The summed E-state index contributed by atoms with van der Waals surface area (Å²) in [7, 11) is 0. The Labute approximate surface area is 180 Å². The summed E-state index contributed by atoms with van der Waals surface area (Å²) in [4.78, 5) is 26.0. The van der Waals surface area contributed by atoms with Gasteiger partial charge in [-0.1, -0.05) is 17.7 Å². The van der Waals surface area contributed by atoms with Gasteiger partial charge in [-0.2, -0.15) is 5.26 Å². The number of benzene rings is 1. The van der Waals surface area contributed by atoms with Gasteiger partial charge in [-0.05, 0) is 48.9 Å². The van der Waals surface area contributed by atoms with E-state index in [2.05, 4.69) is 16.0 Å². The predicted octanol–water partition coefficient (Wildman–Crippen LogP) is 5.70. The van der Waals surface area contributed by atoms with E-state index >= 15 is 0 Å². The molecule has 4 aromatic heterocycles. The number of aryl methyl sites for hydroxylation is 1. The van der Waals surface area contributed by atoms with E-state index in [1.165, 1.54) is 6.07 Å². The summed E-state index contributed by atoms with van der Waals surface area (Å²) in [5, 5.41) is 11.6. The highest BCUT2D eigenvalue weighted by Crippen LogP contribution is 2.39. The van der Waals surface area contributed by atoms with Crippen LogP contribution in [0.2, 0.25) is 5.02 Å². The largest absolute Gasteiger partial charge is 0.306 e. The van der Waals surface area contributed by atoms with Crippen molar-refractivity contribution in [2.24, 2.45) is 0 Å². The molecule has 0 bridgehead atoms. The maximum absolute atomic E-state index is 12.0. The average molecular weight is 429 g/mol. The Morgan fingerprint density at radius 3 is 2.80 bits per heavy atom. The summed E-state index contributed by atoms with van der Waals surface area (Å²) >= 11 is 8.15. The average Bonchev–Trinajstić information content (AvgIpc) is 3.18. The molecular formula is C23H13ClN4OS. The zero-order valence-electron chi connectivity index (χ0n) is 15.7. The minimum atomic E-state index is -0.354. The lowest BCUT2D eigenvalue weighted by molar-refractivity contribution is 1.23. The third-order valence-electron chi connectivity index (χ3n) is 4.89. The standard InChI is InChI=1S/C23H13ClN4OS/c1-12-4-5-19(30-12)22-16(10-17-15(11-25)9-20(29)27-23(17)28-22)14-7-13-3-2-6-26-21(13)18(24)8-14/h2-10H,1H3,(H,27,28,29). The second kappa shape index (κ2) is 7.06. The molecule has 0 spiro atoms. The minimum absolute atomic E-state index is 0.282. The minimum Gasteiger partial charge on any atom is -0.306 e. The first kappa shape index (κ1) is 18.5. The van der Waals surface area contributed by atoms with Crippen molar-refractivity contribution in [1.29, 1.82) is 5.26 Å². The number of nitriles is 1. The van der Waals surface area contributed by atoms with Crippen LogP contribution in [0.4, 0.5) is 0 Å². The van der Waals surface area contributed by atoms with E-state index in [-0.39, 0.29) is 11.1 Å². The number of H-pyrrole nitrogens is 1. The molecule has 5 aromatic rings. The van der Waals surface area contributed by atoms with Gasteiger partial charge in [-0.25, -0.2) is 4.98 Å². The molecule has 0 aliphatic rings. The third-order valence-corrected chi connectivity index (χ3v) is 6.19. The Balaban J connectivity index is 1.89. The number of pyridine rings is 3. The Morgan fingerprint density at radius 2 is 2.03 bits per heavy atom. The molecule has 0 fully saturated rings. The maximum Gasteiger partial charge on any atom is 0.250 e. The molecule has 0 atom stereocenters. The first-order valence-electron chi connectivity index (χ1n) is 9.13. The van der Waals surface area contributed by atoms with E-state index in [0.29, 0.717) is 16.1 Å². The number of halogens is 1. The molecule has 144 valence electrons. The van der Waals surface area contributed by atoms with Gasteiger partial charge in [-0.15, -0.1) is 11.3 Å². The summed E-state index contributed by atoms with van der Waals surface area (Å²) in [5.41, 5.74) is 3.47. The number of nitrogens with zero attached hydrogens (tertiary/aromatic N) is 3. The van der Waals surface area contributed by atoms with Gasteiger partial charge in [0.25, 0.3) is 5.56 Å². The summed E-state index contributed by atoms with van der Waals surface area (Å²) in [5.74, 6) is 0. The van der Waals surface area contributed by atoms with Gasteiger partial charge in [0, 0.05) is 33.5 Å². The Morgan fingerprint density at radius 1 is 1.17 bits per heavy atom. The molecule has 0 amide bonds. The van der Waals surface area contributed by atoms with Gasteiger partial charge >= 0.3 is 0 Å². The number of aromatic nitrogens is 3. The third kappa shape index (κ3) is 3.05. The van der Waals surface area contributed by atoms with Crippen LogP contribution in [0.1, 0.15) is 10.4 Å². The van der Waals surface area contributed by atoms with E-state index in [4.69, 9.17) is 16.6 Å². The van der Waals surface area contributed by atoms with Crippen LogP contribution < -0.4 is 5.56 Å². The van der Waals surface area contributed by atoms with Crippen molar-refractivity contribution >= 4 is 44.9 Å². The Bertz CT molecular complexity index is 1560. The fourth-order valence-electron chi connectivity index (χ4n) is 3.54. The summed E-state index contributed by atoms with van der Waals surface area (Å²) < 4.78 is 0. The second-order valence-electron chi connectivity index (χ2n) is 6.88. The summed E-state index contributed by atoms with van der Waals surface area (Å²) in [6.45, 7) is 2.03. The Kier molecular flexibility index (Phi) is 4.35. The fourth-order valence-corrected chi connectivity index (χ4v) is 4.69. The van der Waals surface area contributed by atoms with Gasteiger partial charge < -0.3 is 4.98 Å². The quantitative estimate of drug-likeness (QED) is 0.391. The molecule has 0 aliphatic carbocycles. The van der Waals surface area contributed by atoms with Crippen LogP contribution in [0.25, 0.3) is 43.6 Å². The van der Waals surface area contributed by atoms with Crippen molar-refractivity contribution in [3.05, 3.63) is 80.5 Å². The number of hydrogen-bond acceptors (Lipinski definition) is 5. The van der Waals surface area contributed by atoms with Crippen LogP contribution in [0.3, 0.4) is 0 Å². The highest BCUT2D eigenvalue weighted by atomic mass is 35.5. The SMILES string of the molecule is Cc1ccc(-c2nc3[nH]c(=O)cc(C#N)c3cc2-c2cc(Cl)c3ncccc3c2)s1. The van der Waals surface area contributed by atoms with Gasteiger partial charge in [0.2, 0.25) is 0 Å². The van der Waals surface area contributed by atoms with Crippen LogP contribution in [0.15, 0.2) is 59.5 Å². The molecule has 0 saturated heterocycles. The maximum atomic E-state index is 12.0. The molecule has 0 saturated carbocycles. The number of fused-ring (bicyclic) bond motifs is 2. The lowest BCUT2D eigenvalue weighted by Gasteiger charge is -2.12. The van der Waals surface area contributed by atoms with Crippen molar-refractivity contribution in [1.82, 2.24) is 15.0 Å². The molecule has 5 nitrogen and oxygen atoms in total. The van der Waals surface area contributed by atoms with E-state index in [1.54, 1.807) is 17.5 Å². The number of rotatable bonds is 2. The first-order chi connectivity index (χ1) is 14.5. The predicted molar refractivity (Wildman–Crippen MR) is 121 cm³/mol. The molecule has 7 heteroatoms. The molecular weight excluding hydrogens is 416 g/mol. The van der Waals surface area contributed by atoms with Gasteiger partial charge in [-0.3, -0.25) is 9.78 Å². The highest BCUT2D eigenvalue weighted by molar-refractivity contribution is 7.15. The van der Waals surface area contributed by atoms with Crippen molar-refractivity contribution in [3.8, 4) is 27.8 Å². The van der Waals surface area contributed by atoms with Crippen molar-refractivity contribution in [3.63, 3.8) is 0 Å². The molecule has 1 N–H and O–H groups in total. The number of aromatic amines is 1. The van der Waals surface area contributed by atoms with E-state index < -0.39 is 0 Å². The van der Waals surface area contributed by atoms with Crippen LogP contribution in [0, 0.1) is 18.3 Å². The number of hydrogen-bond donors (Lipinski definition) is 1. The van der Waals surface area contributed by atoms with Crippen molar-refractivity contribution in [2.45, 2.75) is 6.92 Å². The second-order valence-corrected chi connectivity index (χ2v) is 8.58. The van der Waals surface area contributed by atoms with Gasteiger partial charge in [0.05, 0.1) is 26.7 Å². The summed E-state index contributed by atoms with van der Waals surface area (Å²) in [6, 6.07) is 17.0. The molecule has 30 heavy (non-hydrogen) atoms. The molecule has 1 aromatic carbocycles. The molecule has 0 unspecified atom stereocenters. The smallest absolute Gasteiger partial charge is 0.250 e. The normalized spacial score (nSPS) is 11.1. The van der Waals surface area contributed by atoms with E-state index in [0.717, 1.165) is 37.5 Å². The van der Waals surface area contributed by atoms with Gasteiger partial charge in [0.1, 0.15) is 11.7 Å². The highest BCUT2D eigenvalue weighted by Gasteiger charge is 2.17. The first-order valence-corrected chi connectivity index (χ1v) is 10.3. The van der Waals surface area contributed by atoms with Crippen LogP contribution in [0.5, 0.6) is 0 Å². The van der Waals surface area contributed by atoms with E-state index in [1.807, 2.05) is 49.4 Å². The molecule has 0 radical (unpaired) electrons. The lowest BCUT2D eigenvalue weighted by Crippen LogP contribution is -2.07. The number of nitrogens with one attached hydrogen (secondary N) is 1. The van der Waals surface area contributed by atoms with Crippen LogP contribution >= 0.6 is 22.9 Å². The van der Waals surface area contributed by atoms with Crippen molar-refractivity contribution < 1.29 is 0 Å². The lowest BCUT2D eigenvalue weighted by atomic mass is 9.98. The zero-order valence-corrected chi connectivity index (χ0v) is 17.3. The Hall–Kier alpha value is -3.53. The zero-order chi connectivity index (χ0) is 20.8. The topological polar surface area (TPSA) is 82.4 Å². The molecule has 5 rings (SSSR count). The molecule has 0 aliphatic heterocycles. The van der Waals surface area contributed by atoms with Crippen LogP contribution in [-0.4, -0.2) is 15.0 Å². The number of thiophene rings is 1. The van der Waals surface area contributed by atoms with Crippen molar-refractivity contribution in [2.75, 3.05) is 0 Å². The fraction of sp³-hybridized carbons (Fsp3) is 0.0435.